The maximum Gasteiger partial charge on any atom is 0.0705 e. The van der Waals surface area contributed by atoms with E-state index in [1.54, 1.807) is 0 Å². The molecule has 2 heteroatoms. The summed E-state index contributed by atoms with van der Waals surface area (Å²) in [5.41, 5.74) is 5.26. The van der Waals surface area contributed by atoms with E-state index in [1.165, 1.54) is 22.2 Å². The first-order valence-corrected chi connectivity index (χ1v) is 6.48. The van der Waals surface area contributed by atoms with Crippen LogP contribution in [0.3, 0.4) is 0 Å². The molecule has 0 radical (unpaired) electrons. The van der Waals surface area contributed by atoms with Gasteiger partial charge in [0.05, 0.1) is 5.52 Å². The van der Waals surface area contributed by atoms with Crippen LogP contribution >= 0.6 is 0 Å². The number of aromatic nitrogens is 1. The lowest BCUT2D eigenvalue weighted by atomic mass is 9.80. The van der Waals surface area contributed by atoms with Crippen molar-refractivity contribution in [2.75, 3.05) is 0 Å². The second kappa shape index (κ2) is 3.77. The van der Waals surface area contributed by atoms with Gasteiger partial charge in [0.1, 0.15) is 0 Å². The van der Waals surface area contributed by atoms with Crippen molar-refractivity contribution in [1.29, 1.82) is 0 Å². The Bertz CT molecular complexity index is 683. The van der Waals surface area contributed by atoms with Crippen molar-refractivity contribution in [3.8, 4) is 0 Å². The summed E-state index contributed by atoms with van der Waals surface area (Å²) >= 11 is 0. The number of hydrogen-bond donors (Lipinski definition) is 0. The molecule has 0 bridgehead atoms. The van der Waals surface area contributed by atoms with Crippen LogP contribution < -0.4 is 0 Å². The number of hydrogen-bond acceptors (Lipinski definition) is 2. The number of para-hydroxylation sites is 1. The van der Waals surface area contributed by atoms with Crippen molar-refractivity contribution in [2.45, 2.75) is 19.3 Å². The molecule has 0 fully saturated rings. The fourth-order valence-electron chi connectivity index (χ4n) is 2.98. The molecule has 4 rings (SSSR count). The van der Waals surface area contributed by atoms with E-state index in [1.807, 2.05) is 12.4 Å². The van der Waals surface area contributed by atoms with Gasteiger partial charge in [-0.15, -0.1) is 0 Å². The van der Waals surface area contributed by atoms with Gasteiger partial charge in [-0.25, -0.2) is 0 Å². The standard InChI is InChI=1S/C16H14N2/c1-2-4-15-12(3-1)7-13-8-14-10-17-6-5-11(14)9-16(13)18-15/h1-4,6-7,10-11H,5,8-9H2. The van der Waals surface area contributed by atoms with Gasteiger partial charge >= 0.3 is 0 Å². The molecule has 0 amide bonds. The number of rotatable bonds is 0. The predicted octanol–water partition coefficient (Wildman–Crippen LogP) is 3.31. The van der Waals surface area contributed by atoms with Crippen LogP contribution in [0.25, 0.3) is 10.9 Å². The summed E-state index contributed by atoms with van der Waals surface area (Å²) in [6.45, 7) is 0. The Morgan fingerprint density at radius 3 is 3.11 bits per heavy atom. The van der Waals surface area contributed by atoms with Gasteiger partial charge in [0.15, 0.2) is 0 Å². The molecule has 0 spiro atoms. The van der Waals surface area contributed by atoms with Crippen molar-refractivity contribution in [2.24, 2.45) is 10.9 Å². The first kappa shape index (κ1) is 10.0. The monoisotopic (exact) mass is 234 g/mol. The number of nitrogens with zero attached hydrogens (tertiary/aromatic N) is 2. The number of fused-ring (bicyclic) bond motifs is 3. The van der Waals surface area contributed by atoms with Crippen molar-refractivity contribution in [1.82, 2.24) is 4.98 Å². The van der Waals surface area contributed by atoms with Gasteiger partial charge in [-0.1, -0.05) is 18.2 Å². The molecular formula is C16H14N2. The molecule has 1 aromatic heterocycles. The summed E-state index contributed by atoms with van der Waals surface area (Å²) in [5.74, 6) is 0.628. The highest BCUT2D eigenvalue weighted by atomic mass is 14.7. The van der Waals surface area contributed by atoms with Crippen LogP contribution in [0.5, 0.6) is 0 Å². The Labute approximate surface area is 106 Å². The maximum absolute atomic E-state index is 4.84. The minimum atomic E-state index is 0.628. The number of aliphatic imine (C=N–C) groups is 1. The van der Waals surface area contributed by atoms with E-state index < -0.39 is 0 Å². The Morgan fingerprint density at radius 1 is 1.17 bits per heavy atom. The van der Waals surface area contributed by atoms with E-state index in [0.717, 1.165) is 24.8 Å². The summed E-state index contributed by atoms with van der Waals surface area (Å²) in [4.78, 5) is 9.12. The van der Waals surface area contributed by atoms with Crippen molar-refractivity contribution in [3.63, 3.8) is 0 Å². The Kier molecular flexibility index (Phi) is 2.10. The van der Waals surface area contributed by atoms with E-state index >= 15 is 0 Å². The highest BCUT2D eigenvalue weighted by molar-refractivity contribution is 5.79. The summed E-state index contributed by atoms with van der Waals surface area (Å²) in [6.07, 6.45) is 7.24. The van der Waals surface area contributed by atoms with Crippen molar-refractivity contribution < 1.29 is 0 Å². The van der Waals surface area contributed by atoms with Gasteiger partial charge in [0, 0.05) is 23.5 Å². The molecule has 0 N–H and O–H groups in total. The molecule has 1 unspecified atom stereocenters. The van der Waals surface area contributed by atoms with Gasteiger partial charge < -0.3 is 0 Å². The second-order valence-corrected chi connectivity index (χ2v) is 5.14. The average molecular weight is 234 g/mol. The first-order valence-electron chi connectivity index (χ1n) is 6.48. The van der Waals surface area contributed by atoms with E-state index in [2.05, 4.69) is 35.3 Å². The quantitative estimate of drug-likeness (QED) is 0.686. The molecule has 1 aliphatic carbocycles. The van der Waals surface area contributed by atoms with Crippen molar-refractivity contribution >= 4 is 17.1 Å². The smallest absolute Gasteiger partial charge is 0.0705 e. The molecule has 88 valence electrons. The Hall–Kier alpha value is -1.96. The van der Waals surface area contributed by atoms with Crippen LogP contribution in [0, 0.1) is 5.92 Å². The van der Waals surface area contributed by atoms with Gasteiger partial charge in [0.2, 0.25) is 0 Å². The molecule has 2 aliphatic rings. The molecule has 0 saturated carbocycles. The topological polar surface area (TPSA) is 25.2 Å². The zero-order valence-corrected chi connectivity index (χ0v) is 10.1. The van der Waals surface area contributed by atoms with Crippen LogP contribution in [0.15, 0.2) is 47.1 Å². The Balaban J connectivity index is 1.87. The molecule has 2 aromatic rings. The van der Waals surface area contributed by atoms with E-state index in [-0.39, 0.29) is 0 Å². The number of allylic oxidation sites excluding steroid dienone is 1. The minimum absolute atomic E-state index is 0.628. The first-order chi connectivity index (χ1) is 8.90. The molecular weight excluding hydrogens is 220 g/mol. The third-order valence-corrected chi connectivity index (χ3v) is 3.99. The highest BCUT2D eigenvalue weighted by Crippen LogP contribution is 2.33. The van der Waals surface area contributed by atoms with Crippen LogP contribution in [0.4, 0.5) is 0 Å². The fourth-order valence-corrected chi connectivity index (χ4v) is 2.98. The lowest BCUT2D eigenvalue weighted by molar-refractivity contribution is 0.578. The van der Waals surface area contributed by atoms with Gasteiger partial charge in [-0.3, -0.25) is 9.98 Å². The largest absolute Gasteiger partial charge is 0.269 e. The molecule has 1 aliphatic heterocycles. The molecule has 2 heterocycles. The minimum Gasteiger partial charge on any atom is -0.269 e. The molecule has 0 saturated heterocycles. The van der Waals surface area contributed by atoms with E-state index in [0.29, 0.717) is 5.92 Å². The molecule has 1 aromatic carbocycles. The zero-order chi connectivity index (χ0) is 11.9. The predicted molar refractivity (Wildman–Crippen MR) is 73.8 cm³/mol. The third kappa shape index (κ3) is 1.49. The molecule has 18 heavy (non-hydrogen) atoms. The molecule has 2 nitrogen and oxygen atoms in total. The maximum atomic E-state index is 4.84. The van der Waals surface area contributed by atoms with Crippen LogP contribution in [0.2, 0.25) is 0 Å². The summed E-state index contributed by atoms with van der Waals surface area (Å²) in [6, 6.07) is 10.7. The zero-order valence-electron chi connectivity index (χ0n) is 10.1. The van der Waals surface area contributed by atoms with Gasteiger partial charge in [-0.05, 0) is 48.4 Å². The van der Waals surface area contributed by atoms with Crippen LogP contribution in [-0.2, 0) is 12.8 Å². The second-order valence-electron chi connectivity index (χ2n) is 5.14. The summed E-state index contributed by atoms with van der Waals surface area (Å²) in [7, 11) is 0. The van der Waals surface area contributed by atoms with E-state index in [4.69, 9.17) is 4.98 Å². The average Bonchev–Trinajstić information content (AvgIpc) is 2.42. The molecule has 1 atom stereocenters. The van der Waals surface area contributed by atoms with Crippen molar-refractivity contribution in [3.05, 3.63) is 53.4 Å². The van der Waals surface area contributed by atoms with Crippen LogP contribution in [-0.4, -0.2) is 11.2 Å². The number of pyridine rings is 1. The normalized spacial score (nSPS) is 21.3. The third-order valence-electron chi connectivity index (χ3n) is 3.99. The Morgan fingerprint density at radius 2 is 2.11 bits per heavy atom. The summed E-state index contributed by atoms with van der Waals surface area (Å²) in [5, 5.41) is 1.25. The lowest BCUT2D eigenvalue weighted by Crippen LogP contribution is -2.20. The highest BCUT2D eigenvalue weighted by Gasteiger charge is 2.25. The van der Waals surface area contributed by atoms with Gasteiger partial charge in [-0.2, -0.15) is 0 Å². The van der Waals surface area contributed by atoms with Gasteiger partial charge in [0.25, 0.3) is 0 Å². The van der Waals surface area contributed by atoms with Crippen LogP contribution in [0.1, 0.15) is 17.7 Å². The summed E-state index contributed by atoms with van der Waals surface area (Å²) < 4.78 is 0. The van der Waals surface area contributed by atoms with E-state index in [9.17, 15) is 0 Å². The lowest BCUT2D eigenvalue weighted by Gasteiger charge is -2.27. The SMILES string of the molecule is C1=NC=C2Cc3cc4ccccc4nc3CC2C1. The fraction of sp³-hybridized carbons (Fsp3) is 0.250. The number of benzene rings is 1.